The van der Waals surface area contributed by atoms with E-state index in [9.17, 15) is 4.79 Å². The maximum absolute atomic E-state index is 11.8. The van der Waals surface area contributed by atoms with Gasteiger partial charge >= 0.3 is 0 Å². The monoisotopic (exact) mass is 450 g/mol. The molecule has 2 saturated carbocycles. The fourth-order valence-electron chi connectivity index (χ4n) is 6.56. The van der Waals surface area contributed by atoms with Gasteiger partial charge in [-0.05, 0) is 67.2 Å². The number of piperazine rings is 1. The van der Waals surface area contributed by atoms with E-state index in [0.29, 0.717) is 10.4 Å². The molecular weight excluding hydrogens is 420 g/mol. The Kier molecular flexibility index (Phi) is 4.96. The normalized spacial score (nSPS) is 27.6. The highest BCUT2D eigenvalue weighted by atomic mass is 35.5. The number of hydrogen-bond acceptors (Lipinski definition) is 4. The molecule has 3 atom stereocenters. The average molecular weight is 451 g/mol. The van der Waals surface area contributed by atoms with Crippen LogP contribution in [0.1, 0.15) is 31.7 Å². The molecule has 32 heavy (non-hydrogen) atoms. The lowest BCUT2D eigenvalue weighted by molar-refractivity contribution is -0.129. The van der Waals surface area contributed by atoms with Crippen molar-refractivity contribution in [2.24, 2.45) is 23.2 Å². The number of nitrogens with one attached hydrogen (secondary N) is 1. The third-order valence-electron chi connectivity index (χ3n) is 8.43. The molecule has 1 aromatic heterocycles. The second-order valence-corrected chi connectivity index (χ2v) is 10.6. The fraction of sp³-hybridized carbons (Fsp3) is 0.538. The predicted octanol–water partition coefficient (Wildman–Crippen LogP) is 4.25. The van der Waals surface area contributed by atoms with Gasteiger partial charge in [0.1, 0.15) is 5.82 Å². The Balaban J connectivity index is 1.20. The largest absolute Gasteiger partial charge is 0.353 e. The van der Waals surface area contributed by atoms with Crippen LogP contribution in [0.15, 0.2) is 36.4 Å². The van der Waals surface area contributed by atoms with Crippen LogP contribution in [0.4, 0.5) is 5.82 Å². The summed E-state index contributed by atoms with van der Waals surface area (Å²) in [6.45, 7) is 6.66. The van der Waals surface area contributed by atoms with Gasteiger partial charge in [0.15, 0.2) is 0 Å². The highest BCUT2D eigenvalue weighted by Crippen LogP contribution is 2.69. The maximum Gasteiger partial charge on any atom is 0.219 e. The summed E-state index contributed by atoms with van der Waals surface area (Å²) in [5.74, 6) is 3.57. The molecule has 1 saturated heterocycles. The molecule has 6 heteroatoms. The first-order chi connectivity index (χ1) is 15.5. The minimum atomic E-state index is 0.151. The standard InChI is InChI=1S/C26H31ClN4O/c1-17(32)30-8-10-31(11-9-30)25-20(12-18-2-4-22(27)14-24(18)29-25)16-28-15-19-13-21-3-5-23(19)26(21)6-7-26/h2-5,12,14,19,21,23,28H,6-11,13,15-16H2,1H3/t19-,21-,23+/m1/s1. The lowest BCUT2D eigenvalue weighted by Crippen LogP contribution is -2.48. The molecule has 0 radical (unpaired) electrons. The molecule has 1 spiro atoms. The Hall–Kier alpha value is -2.11. The number of benzene rings is 1. The van der Waals surface area contributed by atoms with Crippen molar-refractivity contribution in [3.05, 3.63) is 47.0 Å². The molecule has 2 aromatic rings. The number of pyridine rings is 1. The molecule has 1 aromatic carbocycles. The number of allylic oxidation sites excluding steroid dienone is 2. The molecule has 0 unspecified atom stereocenters. The number of carbonyl (C=O) groups excluding carboxylic acids is 1. The van der Waals surface area contributed by atoms with Crippen LogP contribution >= 0.6 is 11.6 Å². The molecule has 1 N–H and O–H groups in total. The predicted molar refractivity (Wildman–Crippen MR) is 129 cm³/mol. The molecule has 6 rings (SSSR count). The number of fused-ring (bicyclic) bond motifs is 1. The van der Waals surface area contributed by atoms with Gasteiger partial charge in [0.2, 0.25) is 5.91 Å². The molecule has 4 aliphatic rings. The smallest absolute Gasteiger partial charge is 0.219 e. The molecule has 1 aliphatic heterocycles. The summed E-state index contributed by atoms with van der Waals surface area (Å²) in [6, 6.07) is 8.20. The first kappa shape index (κ1) is 20.5. The van der Waals surface area contributed by atoms with Gasteiger partial charge < -0.3 is 15.1 Å². The van der Waals surface area contributed by atoms with E-state index < -0.39 is 0 Å². The van der Waals surface area contributed by atoms with Crippen molar-refractivity contribution in [3.8, 4) is 0 Å². The van der Waals surface area contributed by atoms with Crippen molar-refractivity contribution in [1.82, 2.24) is 15.2 Å². The highest BCUT2D eigenvalue weighted by Gasteiger charge is 2.62. The van der Waals surface area contributed by atoms with Crippen LogP contribution in [0.5, 0.6) is 0 Å². The van der Waals surface area contributed by atoms with Gasteiger partial charge in [0, 0.05) is 55.6 Å². The van der Waals surface area contributed by atoms with E-state index in [1.165, 1.54) is 24.8 Å². The third kappa shape index (κ3) is 3.41. The third-order valence-corrected chi connectivity index (χ3v) is 8.66. The molecule has 2 bridgehead atoms. The van der Waals surface area contributed by atoms with Crippen molar-refractivity contribution in [3.63, 3.8) is 0 Å². The van der Waals surface area contributed by atoms with Gasteiger partial charge in [0.05, 0.1) is 5.52 Å². The van der Waals surface area contributed by atoms with Crippen molar-refractivity contribution < 1.29 is 4.79 Å². The lowest BCUT2D eigenvalue weighted by atomic mass is 9.89. The van der Waals surface area contributed by atoms with Crippen LogP contribution in [0.25, 0.3) is 10.9 Å². The number of anilines is 1. The SMILES string of the molecule is CC(=O)N1CCN(c2nc3cc(Cl)ccc3cc2CNC[C@H]2C[C@H]3C=C[C@@H]2C32CC2)CC1. The molecule has 168 valence electrons. The van der Waals surface area contributed by atoms with Crippen LogP contribution in [0, 0.1) is 23.2 Å². The summed E-state index contributed by atoms with van der Waals surface area (Å²) in [6.07, 6.45) is 9.21. The second kappa shape index (κ2) is 7.74. The van der Waals surface area contributed by atoms with Crippen molar-refractivity contribution in [2.45, 2.75) is 32.7 Å². The zero-order chi connectivity index (χ0) is 21.9. The van der Waals surface area contributed by atoms with Crippen molar-refractivity contribution in [2.75, 3.05) is 37.6 Å². The summed E-state index contributed by atoms with van der Waals surface area (Å²) in [5.41, 5.74) is 2.81. The van der Waals surface area contributed by atoms with E-state index in [1.807, 2.05) is 17.0 Å². The van der Waals surface area contributed by atoms with Crippen LogP contribution in [-0.4, -0.2) is 48.5 Å². The van der Waals surface area contributed by atoms with Crippen molar-refractivity contribution in [1.29, 1.82) is 0 Å². The molecule has 3 fully saturated rings. The molecular formula is C26H31ClN4O. The number of carbonyl (C=O) groups is 1. The highest BCUT2D eigenvalue weighted by molar-refractivity contribution is 6.31. The van der Waals surface area contributed by atoms with E-state index in [4.69, 9.17) is 16.6 Å². The number of halogens is 1. The van der Waals surface area contributed by atoms with Gasteiger partial charge in [-0.1, -0.05) is 29.8 Å². The number of amides is 1. The lowest BCUT2D eigenvalue weighted by Gasteiger charge is -2.36. The van der Waals surface area contributed by atoms with Crippen LogP contribution in [0.3, 0.4) is 0 Å². The Morgan fingerprint density at radius 1 is 1.19 bits per heavy atom. The molecule has 3 aliphatic carbocycles. The number of aromatic nitrogens is 1. The van der Waals surface area contributed by atoms with Crippen LogP contribution in [0.2, 0.25) is 5.02 Å². The second-order valence-electron chi connectivity index (χ2n) is 10.2. The van der Waals surface area contributed by atoms with E-state index in [-0.39, 0.29) is 5.91 Å². The average Bonchev–Trinajstić information content (AvgIpc) is 3.46. The van der Waals surface area contributed by atoms with E-state index in [1.54, 1.807) is 6.92 Å². The Morgan fingerprint density at radius 2 is 2.00 bits per heavy atom. The molecule has 2 heterocycles. The van der Waals surface area contributed by atoms with Gasteiger partial charge in [-0.2, -0.15) is 0 Å². The zero-order valence-electron chi connectivity index (χ0n) is 18.7. The minimum Gasteiger partial charge on any atom is -0.353 e. The molecule has 1 amide bonds. The zero-order valence-corrected chi connectivity index (χ0v) is 19.4. The summed E-state index contributed by atoms with van der Waals surface area (Å²) >= 11 is 6.25. The maximum atomic E-state index is 11.8. The quantitative estimate of drug-likeness (QED) is 0.692. The number of hydrogen-bond donors (Lipinski definition) is 1. The summed E-state index contributed by atoms with van der Waals surface area (Å²) < 4.78 is 0. The van der Waals surface area contributed by atoms with Gasteiger partial charge in [-0.3, -0.25) is 4.79 Å². The molecule has 5 nitrogen and oxygen atoms in total. The first-order valence-corrected chi connectivity index (χ1v) is 12.4. The Labute approximate surface area is 194 Å². The van der Waals surface area contributed by atoms with Crippen LogP contribution < -0.4 is 10.2 Å². The Morgan fingerprint density at radius 3 is 2.72 bits per heavy atom. The fourth-order valence-corrected chi connectivity index (χ4v) is 6.73. The topological polar surface area (TPSA) is 48.5 Å². The Bertz CT molecular complexity index is 1090. The van der Waals surface area contributed by atoms with Gasteiger partial charge in [-0.15, -0.1) is 0 Å². The summed E-state index contributed by atoms with van der Waals surface area (Å²) in [5, 5.41) is 5.62. The van der Waals surface area contributed by atoms with Crippen LogP contribution in [-0.2, 0) is 11.3 Å². The van der Waals surface area contributed by atoms with E-state index in [2.05, 4.69) is 34.5 Å². The summed E-state index contributed by atoms with van der Waals surface area (Å²) in [4.78, 5) is 21.0. The van der Waals surface area contributed by atoms with Crippen molar-refractivity contribution >= 4 is 34.2 Å². The van der Waals surface area contributed by atoms with E-state index in [0.717, 1.165) is 73.7 Å². The van der Waals surface area contributed by atoms with Gasteiger partial charge in [0.25, 0.3) is 0 Å². The summed E-state index contributed by atoms with van der Waals surface area (Å²) in [7, 11) is 0. The minimum absolute atomic E-state index is 0.151. The number of rotatable bonds is 5. The number of nitrogens with zero attached hydrogens (tertiary/aromatic N) is 3. The first-order valence-electron chi connectivity index (χ1n) is 12.0. The van der Waals surface area contributed by atoms with Gasteiger partial charge in [-0.25, -0.2) is 4.98 Å². The van der Waals surface area contributed by atoms with E-state index >= 15 is 0 Å².